The first-order valence-electron chi connectivity index (χ1n) is 7.06. The van der Waals surface area contributed by atoms with E-state index in [4.69, 9.17) is 0 Å². The second kappa shape index (κ2) is 9.42. The third kappa shape index (κ3) is 6.64. The molecule has 1 unspecified atom stereocenters. The number of amides is 1. The van der Waals surface area contributed by atoms with Crippen LogP contribution in [0.25, 0.3) is 0 Å². The minimum atomic E-state index is -0.0381. The Bertz CT molecular complexity index is 203. The zero-order valence-electron chi connectivity index (χ0n) is 11.1. The van der Waals surface area contributed by atoms with Gasteiger partial charge in [-0.2, -0.15) is 0 Å². The first-order valence-corrected chi connectivity index (χ1v) is 7.06. The first-order chi connectivity index (χ1) is 8.34. The number of carbonyl (C=O) groups excluding carboxylic acids is 1. The SMILES string of the molecule is CCCCCCCCNC(=O)C1CNCCN1. The van der Waals surface area contributed by atoms with Crippen LogP contribution in [0.15, 0.2) is 0 Å². The molecule has 0 saturated carbocycles. The molecule has 0 bridgehead atoms. The van der Waals surface area contributed by atoms with Gasteiger partial charge in [-0.05, 0) is 6.42 Å². The molecule has 1 atom stereocenters. The van der Waals surface area contributed by atoms with Crippen molar-refractivity contribution in [1.29, 1.82) is 0 Å². The van der Waals surface area contributed by atoms with Crippen LogP contribution in [0.5, 0.6) is 0 Å². The molecular formula is C13H27N3O. The van der Waals surface area contributed by atoms with Gasteiger partial charge in [0, 0.05) is 26.2 Å². The molecule has 0 aromatic carbocycles. The Morgan fingerprint density at radius 2 is 1.94 bits per heavy atom. The van der Waals surface area contributed by atoms with Crippen molar-refractivity contribution in [2.75, 3.05) is 26.2 Å². The minimum absolute atomic E-state index is 0.0381. The van der Waals surface area contributed by atoms with Crippen LogP contribution >= 0.6 is 0 Å². The van der Waals surface area contributed by atoms with E-state index in [0.29, 0.717) is 0 Å². The van der Waals surface area contributed by atoms with Gasteiger partial charge in [-0.1, -0.05) is 39.0 Å². The molecule has 0 radical (unpaired) electrons. The summed E-state index contributed by atoms with van der Waals surface area (Å²) in [7, 11) is 0. The number of hydrogen-bond donors (Lipinski definition) is 3. The van der Waals surface area contributed by atoms with Crippen molar-refractivity contribution in [3.63, 3.8) is 0 Å². The van der Waals surface area contributed by atoms with Crippen LogP contribution in [0.4, 0.5) is 0 Å². The van der Waals surface area contributed by atoms with Crippen molar-refractivity contribution in [1.82, 2.24) is 16.0 Å². The molecule has 4 nitrogen and oxygen atoms in total. The average molecular weight is 241 g/mol. The summed E-state index contributed by atoms with van der Waals surface area (Å²) in [5, 5.41) is 9.43. The topological polar surface area (TPSA) is 53.2 Å². The van der Waals surface area contributed by atoms with E-state index in [-0.39, 0.29) is 11.9 Å². The molecule has 1 saturated heterocycles. The van der Waals surface area contributed by atoms with Crippen molar-refractivity contribution in [2.45, 2.75) is 51.5 Å². The highest BCUT2D eigenvalue weighted by molar-refractivity contribution is 5.82. The number of nitrogens with one attached hydrogen (secondary N) is 3. The van der Waals surface area contributed by atoms with Gasteiger partial charge in [-0.15, -0.1) is 0 Å². The normalized spacial score (nSPS) is 20.2. The van der Waals surface area contributed by atoms with E-state index in [0.717, 1.165) is 32.6 Å². The fraction of sp³-hybridized carbons (Fsp3) is 0.923. The van der Waals surface area contributed by atoms with E-state index < -0.39 is 0 Å². The third-order valence-corrected chi connectivity index (χ3v) is 3.19. The van der Waals surface area contributed by atoms with E-state index in [2.05, 4.69) is 22.9 Å². The van der Waals surface area contributed by atoms with Crippen LogP contribution < -0.4 is 16.0 Å². The van der Waals surface area contributed by atoms with Gasteiger partial charge in [-0.3, -0.25) is 4.79 Å². The number of hydrogen-bond acceptors (Lipinski definition) is 3. The first kappa shape index (κ1) is 14.5. The van der Waals surface area contributed by atoms with Gasteiger partial charge in [0.15, 0.2) is 0 Å². The van der Waals surface area contributed by atoms with Gasteiger partial charge in [0.1, 0.15) is 0 Å². The molecule has 3 N–H and O–H groups in total. The van der Waals surface area contributed by atoms with E-state index in [1.165, 1.54) is 32.1 Å². The predicted octanol–water partition coefficient (Wildman–Crippen LogP) is 1.02. The highest BCUT2D eigenvalue weighted by Gasteiger charge is 2.19. The minimum Gasteiger partial charge on any atom is -0.355 e. The van der Waals surface area contributed by atoms with Crippen molar-refractivity contribution >= 4 is 5.91 Å². The molecule has 1 fully saturated rings. The Labute approximate surface area is 105 Å². The summed E-state index contributed by atoms with van der Waals surface area (Å²) in [6, 6.07) is -0.0381. The second-order valence-corrected chi connectivity index (χ2v) is 4.77. The molecule has 0 spiro atoms. The lowest BCUT2D eigenvalue weighted by atomic mass is 10.1. The van der Waals surface area contributed by atoms with Gasteiger partial charge in [0.05, 0.1) is 6.04 Å². The Kier molecular flexibility index (Phi) is 8.01. The standard InChI is InChI=1S/C13H27N3O/c1-2-3-4-5-6-7-8-16-13(17)12-11-14-9-10-15-12/h12,14-15H,2-11H2,1H3,(H,16,17). The number of piperazine rings is 1. The van der Waals surface area contributed by atoms with E-state index in [9.17, 15) is 4.79 Å². The van der Waals surface area contributed by atoms with Gasteiger partial charge < -0.3 is 16.0 Å². The fourth-order valence-electron chi connectivity index (χ4n) is 2.08. The van der Waals surface area contributed by atoms with Crippen LogP contribution in [-0.4, -0.2) is 38.1 Å². The van der Waals surface area contributed by atoms with Crippen LogP contribution in [0.3, 0.4) is 0 Å². The van der Waals surface area contributed by atoms with Crippen molar-refractivity contribution in [3.8, 4) is 0 Å². The maximum Gasteiger partial charge on any atom is 0.238 e. The predicted molar refractivity (Wildman–Crippen MR) is 71.0 cm³/mol. The lowest BCUT2D eigenvalue weighted by Gasteiger charge is -2.23. The van der Waals surface area contributed by atoms with Crippen LogP contribution in [-0.2, 0) is 4.79 Å². The maximum absolute atomic E-state index is 11.7. The maximum atomic E-state index is 11.7. The van der Waals surface area contributed by atoms with Crippen LogP contribution in [0.1, 0.15) is 45.4 Å². The largest absolute Gasteiger partial charge is 0.355 e. The molecule has 17 heavy (non-hydrogen) atoms. The summed E-state index contributed by atoms with van der Waals surface area (Å²) < 4.78 is 0. The molecule has 1 aliphatic heterocycles. The quantitative estimate of drug-likeness (QED) is 0.556. The van der Waals surface area contributed by atoms with Gasteiger partial charge in [0.2, 0.25) is 5.91 Å². The summed E-state index contributed by atoms with van der Waals surface area (Å²) in [6.45, 7) is 5.65. The monoisotopic (exact) mass is 241 g/mol. The smallest absolute Gasteiger partial charge is 0.238 e. The molecule has 1 amide bonds. The molecule has 1 rings (SSSR count). The third-order valence-electron chi connectivity index (χ3n) is 3.19. The Hall–Kier alpha value is -0.610. The van der Waals surface area contributed by atoms with Crippen molar-refractivity contribution in [2.24, 2.45) is 0 Å². The number of rotatable bonds is 8. The molecule has 4 heteroatoms. The van der Waals surface area contributed by atoms with Gasteiger partial charge >= 0.3 is 0 Å². The zero-order valence-corrected chi connectivity index (χ0v) is 11.1. The zero-order chi connectivity index (χ0) is 12.3. The highest BCUT2D eigenvalue weighted by atomic mass is 16.2. The number of carbonyl (C=O) groups is 1. The van der Waals surface area contributed by atoms with Gasteiger partial charge in [-0.25, -0.2) is 0 Å². The molecule has 1 aliphatic rings. The second-order valence-electron chi connectivity index (χ2n) is 4.77. The van der Waals surface area contributed by atoms with E-state index >= 15 is 0 Å². The Morgan fingerprint density at radius 3 is 2.65 bits per heavy atom. The lowest BCUT2D eigenvalue weighted by molar-refractivity contribution is -0.123. The fourth-order valence-corrected chi connectivity index (χ4v) is 2.08. The van der Waals surface area contributed by atoms with Crippen LogP contribution in [0, 0.1) is 0 Å². The highest BCUT2D eigenvalue weighted by Crippen LogP contribution is 2.04. The average Bonchev–Trinajstić information content (AvgIpc) is 2.38. The summed E-state index contributed by atoms with van der Waals surface area (Å²) in [4.78, 5) is 11.7. The van der Waals surface area contributed by atoms with Gasteiger partial charge in [0.25, 0.3) is 0 Å². The van der Waals surface area contributed by atoms with E-state index in [1.807, 2.05) is 0 Å². The summed E-state index contributed by atoms with van der Waals surface area (Å²) in [6.07, 6.45) is 7.60. The molecule has 0 aromatic rings. The molecular weight excluding hydrogens is 214 g/mol. The summed E-state index contributed by atoms with van der Waals surface area (Å²) >= 11 is 0. The Balaban J connectivity index is 1.92. The lowest BCUT2D eigenvalue weighted by Crippen LogP contribution is -2.55. The molecule has 100 valence electrons. The summed E-state index contributed by atoms with van der Waals surface area (Å²) in [5.74, 6) is 0.144. The number of unbranched alkanes of at least 4 members (excludes halogenated alkanes) is 5. The Morgan fingerprint density at radius 1 is 1.18 bits per heavy atom. The van der Waals surface area contributed by atoms with Crippen molar-refractivity contribution < 1.29 is 4.79 Å². The molecule has 1 heterocycles. The van der Waals surface area contributed by atoms with Crippen molar-refractivity contribution in [3.05, 3.63) is 0 Å². The van der Waals surface area contributed by atoms with Crippen LogP contribution in [0.2, 0.25) is 0 Å². The summed E-state index contributed by atoms with van der Waals surface area (Å²) in [5.41, 5.74) is 0. The molecule has 0 aliphatic carbocycles. The van der Waals surface area contributed by atoms with E-state index in [1.54, 1.807) is 0 Å². The molecule has 0 aromatic heterocycles.